The summed E-state index contributed by atoms with van der Waals surface area (Å²) >= 11 is 0. The average molecular weight is 399 g/mol. The molecule has 0 spiro atoms. The molecular weight excluding hydrogens is 378 g/mol. The lowest BCUT2D eigenvalue weighted by Crippen LogP contribution is -2.35. The van der Waals surface area contributed by atoms with E-state index in [0.29, 0.717) is 6.67 Å². The van der Waals surface area contributed by atoms with Gasteiger partial charge in [0, 0.05) is 44.2 Å². The maximum absolute atomic E-state index is 10.9. The number of nitrogens with zero attached hydrogens (tertiary/aromatic N) is 1. The van der Waals surface area contributed by atoms with E-state index in [9.17, 15) is 4.79 Å². The van der Waals surface area contributed by atoms with E-state index in [1.165, 1.54) is 0 Å². The van der Waals surface area contributed by atoms with Crippen LogP contribution in [0.5, 0.6) is 0 Å². The molecular formula is C23H21N5O2. The number of aromatic amines is 3. The lowest BCUT2D eigenvalue weighted by atomic mass is 10.3. The van der Waals surface area contributed by atoms with Crippen LogP contribution in [-0.2, 0) is 11.5 Å². The third kappa shape index (κ3) is 3.78. The fourth-order valence-corrected chi connectivity index (χ4v) is 3.66. The molecule has 30 heavy (non-hydrogen) atoms. The highest BCUT2D eigenvalue weighted by Crippen LogP contribution is 2.05. The number of hydrogen-bond donors (Lipinski definition) is 5. The van der Waals surface area contributed by atoms with Crippen molar-refractivity contribution >= 4 is 30.3 Å². The Kier molecular flexibility index (Phi) is 4.49. The zero-order chi connectivity index (χ0) is 20.5. The number of carbonyl (C=O) groups is 1. The predicted octanol–water partition coefficient (Wildman–Crippen LogP) is -0.267. The van der Waals surface area contributed by atoms with Gasteiger partial charge in [-0.1, -0.05) is 0 Å². The molecule has 4 aromatic rings. The van der Waals surface area contributed by atoms with Crippen LogP contribution < -0.4 is 26.7 Å². The molecule has 0 unspecified atom stereocenters. The van der Waals surface area contributed by atoms with Crippen molar-refractivity contribution in [3.63, 3.8) is 0 Å². The molecule has 0 saturated heterocycles. The molecule has 1 aliphatic heterocycles. The second-order valence-electron chi connectivity index (χ2n) is 7.27. The summed E-state index contributed by atoms with van der Waals surface area (Å²) in [5.41, 5.74) is 3.94. The topological polar surface area (TPSA) is 102 Å². The van der Waals surface area contributed by atoms with Crippen molar-refractivity contribution < 1.29 is 9.90 Å². The third-order valence-electron chi connectivity index (χ3n) is 5.02. The van der Waals surface area contributed by atoms with Crippen molar-refractivity contribution in [1.82, 2.24) is 24.8 Å². The van der Waals surface area contributed by atoms with Crippen LogP contribution in [0, 0.1) is 0 Å². The standard InChI is InChI=1S/C23H21N5O2/c29-23(30)13-24-14-28-21-7-8-22(28)12-20-6-4-18(27-20)10-16-2-1-15(25-16)9-17-3-5-19(11-21)26-17/h1-12,24-27H,13-14H2,(H,29,30). The van der Waals surface area contributed by atoms with Crippen molar-refractivity contribution in [3.8, 4) is 0 Å². The Morgan fingerprint density at radius 3 is 1.73 bits per heavy atom. The number of carboxylic acid groups (broad SMARTS) is 1. The Hall–Kier alpha value is -3.97. The van der Waals surface area contributed by atoms with Gasteiger partial charge < -0.3 is 24.6 Å². The van der Waals surface area contributed by atoms with Gasteiger partial charge in [-0.3, -0.25) is 10.1 Å². The van der Waals surface area contributed by atoms with E-state index in [0.717, 1.165) is 44.2 Å². The SMILES string of the molecule is O=C(O)CNCn1c2ccc1=Cc1ccc([nH]1)C=c1ccc([nH]1)=Cc1ccc([nH]1)C=2. The summed E-state index contributed by atoms with van der Waals surface area (Å²) in [6.45, 7) is 0.289. The Bertz CT molecular complexity index is 1360. The number of nitrogens with one attached hydrogen (secondary N) is 4. The third-order valence-corrected chi connectivity index (χ3v) is 5.02. The second-order valence-corrected chi connectivity index (χ2v) is 7.27. The van der Waals surface area contributed by atoms with Crippen LogP contribution in [0.3, 0.4) is 0 Å². The molecule has 5 heterocycles. The molecule has 0 saturated carbocycles. The van der Waals surface area contributed by atoms with Gasteiger partial charge in [-0.25, -0.2) is 0 Å². The summed E-state index contributed by atoms with van der Waals surface area (Å²) in [6.07, 6.45) is 8.23. The minimum Gasteiger partial charge on any atom is -0.480 e. The second kappa shape index (κ2) is 7.46. The molecule has 4 aromatic heterocycles. The van der Waals surface area contributed by atoms with Crippen molar-refractivity contribution in [2.24, 2.45) is 0 Å². The van der Waals surface area contributed by atoms with Gasteiger partial charge in [0.25, 0.3) is 0 Å². The van der Waals surface area contributed by atoms with Crippen LogP contribution in [0.25, 0.3) is 24.3 Å². The molecule has 0 fully saturated rings. The van der Waals surface area contributed by atoms with Crippen LogP contribution in [-0.4, -0.2) is 37.1 Å². The van der Waals surface area contributed by atoms with Crippen molar-refractivity contribution in [3.05, 3.63) is 92.7 Å². The largest absolute Gasteiger partial charge is 0.480 e. The molecule has 7 nitrogen and oxygen atoms in total. The van der Waals surface area contributed by atoms with Gasteiger partial charge in [0.2, 0.25) is 0 Å². The van der Waals surface area contributed by atoms with E-state index in [1.807, 2.05) is 36.4 Å². The van der Waals surface area contributed by atoms with Crippen LogP contribution in [0.15, 0.2) is 48.5 Å². The van der Waals surface area contributed by atoms with Gasteiger partial charge >= 0.3 is 5.97 Å². The first-order chi connectivity index (χ1) is 14.6. The van der Waals surface area contributed by atoms with Crippen LogP contribution >= 0.6 is 0 Å². The van der Waals surface area contributed by atoms with E-state index in [4.69, 9.17) is 5.11 Å². The molecule has 7 heteroatoms. The number of rotatable bonds is 4. The van der Waals surface area contributed by atoms with Crippen molar-refractivity contribution in [1.29, 1.82) is 0 Å². The minimum atomic E-state index is -0.881. The van der Waals surface area contributed by atoms with Crippen molar-refractivity contribution in [2.45, 2.75) is 6.67 Å². The van der Waals surface area contributed by atoms with Gasteiger partial charge in [-0.2, -0.15) is 0 Å². The normalized spacial score (nSPS) is 12.4. The summed E-state index contributed by atoms with van der Waals surface area (Å²) in [5, 5.41) is 15.9. The van der Waals surface area contributed by atoms with Crippen molar-refractivity contribution in [2.75, 3.05) is 6.54 Å². The van der Waals surface area contributed by atoms with Gasteiger partial charge in [0.05, 0.1) is 13.2 Å². The van der Waals surface area contributed by atoms with E-state index < -0.39 is 5.97 Å². The smallest absolute Gasteiger partial charge is 0.317 e. The first-order valence-corrected chi connectivity index (χ1v) is 9.70. The van der Waals surface area contributed by atoms with Gasteiger partial charge in [-0.15, -0.1) is 0 Å². The predicted molar refractivity (Wildman–Crippen MR) is 115 cm³/mol. The lowest BCUT2D eigenvalue weighted by molar-refractivity contribution is -0.136. The van der Waals surface area contributed by atoms with E-state index >= 15 is 0 Å². The zero-order valence-electron chi connectivity index (χ0n) is 16.1. The number of hydrogen-bond acceptors (Lipinski definition) is 2. The first kappa shape index (κ1) is 18.1. The molecule has 5 N–H and O–H groups in total. The molecule has 0 aliphatic carbocycles. The van der Waals surface area contributed by atoms with E-state index in [1.54, 1.807) is 0 Å². The van der Waals surface area contributed by atoms with Crippen LogP contribution in [0.1, 0.15) is 22.8 Å². The van der Waals surface area contributed by atoms with Gasteiger partial charge in [0.15, 0.2) is 0 Å². The van der Waals surface area contributed by atoms with E-state index in [2.05, 4.69) is 61.3 Å². The van der Waals surface area contributed by atoms with Crippen LogP contribution in [0.4, 0.5) is 0 Å². The highest BCUT2D eigenvalue weighted by atomic mass is 16.4. The highest BCUT2D eigenvalue weighted by molar-refractivity contribution is 5.68. The Labute approximate surface area is 171 Å². The molecule has 0 amide bonds. The minimum absolute atomic E-state index is 0.0997. The summed E-state index contributed by atoms with van der Waals surface area (Å²) in [6, 6.07) is 16.3. The maximum Gasteiger partial charge on any atom is 0.317 e. The van der Waals surface area contributed by atoms with E-state index in [-0.39, 0.29) is 6.54 Å². The maximum atomic E-state index is 10.9. The summed E-state index contributed by atoms with van der Waals surface area (Å²) in [4.78, 5) is 21.1. The van der Waals surface area contributed by atoms with Crippen LogP contribution in [0.2, 0.25) is 0 Å². The molecule has 8 bridgehead atoms. The summed E-state index contributed by atoms with van der Waals surface area (Å²) in [5.74, 6) is -0.881. The Morgan fingerprint density at radius 1 is 0.733 bits per heavy atom. The van der Waals surface area contributed by atoms with Gasteiger partial charge in [-0.05, 0) is 72.8 Å². The molecule has 150 valence electrons. The number of fused-ring (bicyclic) bond motifs is 8. The zero-order valence-corrected chi connectivity index (χ0v) is 16.1. The fraction of sp³-hybridized carbons (Fsp3) is 0.0870. The molecule has 5 rings (SSSR count). The highest BCUT2D eigenvalue weighted by Gasteiger charge is 2.03. The monoisotopic (exact) mass is 399 g/mol. The average Bonchev–Trinajstić information content (AvgIpc) is 3.48. The molecule has 0 radical (unpaired) electrons. The van der Waals surface area contributed by atoms with Gasteiger partial charge in [0.1, 0.15) is 0 Å². The number of aromatic nitrogens is 4. The fourth-order valence-electron chi connectivity index (χ4n) is 3.66. The lowest BCUT2D eigenvalue weighted by Gasteiger charge is -2.06. The Balaban J connectivity index is 1.69. The quantitative estimate of drug-likeness (QED) is 0.288. The summed E-state index contributed by atoms with van der Waals surface area (Å²) in [7, 11) is 0. The Morgan fingerprint density at radius 2 is 1.23 bits per heavy atom. The summed E-state index contributed by atoms with van der Waals surface area (Å²) < 4.78 is 2.06. The first-order valence-electron chi connectivity index (χ1n) is 9.70. The molecule has 0 atom stereocenters. The number of carboxylic acids is 1. The molecule has 0 aromatic carbocycles. The number of H-pyrrole nitrogens is 3. The molecule has 1 aliphatic rings. The number of aliphatic carboxylic acids is 1.